The van der Waals surface area contributed by atoms with Gasteiger partial charge in [-0.05, 0) is 67.1 Å². The van der Waals surface area contributed by atoms with Crippen molar-refractivity contribution in [2.75, 3.05) is 12.0 Å². The second kappa shape index (κ2) is 11.0. The highest BCUT2D eigenvalue weighted by Gasteiger charge is 2.67. The summed E-state index contributed by atoms with van der Waals surface area (Å²) < 4.78 is 19.5. The second-order valence-corrected chi connectivity index (χ2v) is 13.4. The Labute approximate surface area is 274 Å². The lowest BCUT2D eigenvalue weighted by molar-refractivity contribution is -0.141. The van der Waals surface area contributed by atoms with E-state index in [1.807, 2.05) is 36.4 Å². The number of anilines is 1. The van der Waals surface area contributed by atoms with Gasteiger partial charge in [0, 0.05) is 5.92 Å². The van der Waals surface area contributed by atoms with Crippen LogP contribution in [0.2, 0.25) is 10.0 Å². The molecule has 8 nitrogen and oxygen atoms in total. The predicted molar refractivity (Wildman–Crippen MR) is 168 cm³/mol. The van der Waals surface area contributed by atoms with Crippen LogP contribution in [0.5, 0.6) is 11.5 Å². The summed E-state index contributed by atoms with van der Waals surface area (Å²) in [7, 11) is 1.38. The van der Waals surface area contributed by atoms with Gasteiger partial charge in [0.15, 0.2) is 11.5 Å². The summed E-state index contributed by atoms with van der Waals surface area (Å²) >= 11 is 12.5. The van der Waals surface area contributed by atoms with E-state index in [1.54, 1.807) is 19.1 Å². The van der Waals surface area contributed by atoms with Gasteiger partial charge in [-0.1, -0.05) is 65.2 Å². The fourth-order valence-corrected chi connectivity index (χ4v) is 8.56. The van der Waals surface area contributed by atoms with Crippen LogP contribution in [0.15, 0.2) is 72.3 Å². The second-order valence-electron chi connectivity index (χ2n) is 12.6. The van der Waals surface area contributed by atoms with Gasteiger partial charge in [-0.2, -0.15) is 0 Å². The third-order valence-corrected chi connectivity index (χ3v) is 10.9. The van der Waals surface area contributed by atoms with Crippen molar-refractivity contribution in [1.82, 2.24) is 4.90 Å². The number of rotatable bonds is 5. The fourth-order valence-electron chi connectivity index (χ4n) is 8.17. The third kappa shape index (κ3) is 4.32. The van der Waals surface area contributed by atoms with E-state index in [1.165, 1.54) is 24.1 Å². The quantitative estimate of drug-likeness (QED) is 0.255. The number of fused-ring (bicyclic) bond motifs is 4. The standard InChI is InChI=1S/C35H29Cl2FN2O6/c1-35-23(32(43)40(34(35)45)19-8-11-26(38)24(36)14-19)15-22-20(29(35)18-12-25(37)30(41)27(13-18)46-2)9-10-21-28(22)33(44)39(31(21)42)16-17-6-4-3-5-7-17/h3-9,11-14,21-23,28-29,41H,10,15-16H2,1-2H3/t21-,22+,23-,28-,29-,35+/m0/s1. The van der Waals surface area contributed by atoms with Crippen LogP contribution in [0.25, 0.3) is 0 Å². The number of halogens is 3. The van der Waals surface area contributed by atoms with E-state index in [2.05, 4.69) is 0 Å². The molecule has 0 bridgehead atoms. The molecule has 2 saturated heterocycles. The van der Waals surface area contributed by atoms with Crippen molar-refractivity contribution < 1.29 is 33.4 Å². The SMILES string of the molecule is COc1cc([C@H]2C3=CC[C@@H]4C(=O)N(Cc5ccccc5)C(=O)[C@@H]4[C@@H]3C[C@H]3C(=O)N(c4ccc(F)c(Cl)c4)C(=O)[C@@]23C)cc(Cl)c1O. The number of ether oxygens (including phenoxy) is 1. The first-order chi connectivity index (χ1) is 22.0. The number of nitrogens with zero attached hydrogens (tertiary/aromatic N) is 2. The number of hydrogen-bond donors (Lipinski definition) is 1. The van der Waals surface area contributed by atoms with E-state index in [4.69, 9.17) is 27.9 Å². The van der Waals surface area contributed by atoms with Crippen molar-refractivity contribution in [3.63, 3.8) is 0 Å². The number of amides is 4. The first kappa shape index (κ1) is 30.4. The first-order valence-corrected chi connectivity index (χ1v) is 15.7. The Morgan fingerprint density at radius 1 is 0.957 bits per heavy atom. The topological polar surface area (TPSA) is 104 Å². The highest BCUT2D eigenvalue weighted by Crippen LogP contribution is 2.64. The predicted octanol–water partition coefficient (Wildman–Crippen LogP) is 6.28. The third-order valence-electron chi connectivity index (χ3n) is 10.3. The summed E-state index contributed by atoms with van der Waals surface area (Å²) in [5.41, 5.74) is 0.855. The van der Waals surface area contributed by atoms with Crippen LogP contribution in [0.1, 0.15) is 36.8 Å². The lowest BCUT2D eigenvalue weighted by atomic mass is 9.51. The summed E-state index contributed by atoms with van der Waals surface area (Å²) in [6.45, 7) is 1.85. The molecular formula is C35H29Cl2FN2O6. The maximum Gasteiger partial charge on any atom is 0.241 e. The molecular weight excluding hydrogens is 634 g/mol. The summed E-state index contributed by atoms with van der Waals surface area (Å²) in [5, 5.41) is 10.3. The van der Waals surface area contributed by atoms with Gasteiger partial charge in [0.05, 0.1) is 52.6 Å². The van der Waals surface area contributed by atoms with E-state index in [0.717, 1.165) is 22.1 Å². The van der Waals surface area contributed by atoms with Crippen LogP contribution in [0.3, 0.4) is 0 Å². The molecule has 11 heteroatoms. The maximum atomic E-state index is 14.5. The number of benzene rings is 3. The van der Waals surface area contributed by atoms with Gasteiger partial charge in [-0.25, -0.2) is 9.29 Å². The minimum atomic E-state index is -1.37. The maximum absolute atomic E-state index is 14.5. The first-order valence-electron chi connectivity index (χ1n) is 15.0. The number of hydrogen-bond acceptors (Lipinski definition) is 6. The molecule has 3 aromatic carbocycles. The van der Waals surface area contributed by atoms with Crippen LogP contribution in [-0.2, 0) is 25.7 Å². The monoisotopic (exact) mass is 662 g/mol. The number of imide groups is 2. The van der Waals surface area contributed by atoms with E-state index < -0.39 is 52.6 Å². The summed E-state index contributed by atoms with van der Waals surface area (Å²) in [5.74, 6) is -6.01. The molecule has 7 rings (SSSR count). The summed E-state index contributed by atoms with van der Waals surface area (Å²) in [6, 6.07) is 16.1. The molecule has 4 amide bonds. The molecule has 4 aliphatic rings. The van der Waals surface area contributed by atoms with E-state index in [9.17, 15) is 28.7 Å². The number of likely N-dealkylation sites (tertiary alicyclic amines) is 1. The number of phenols is 1. The largest absolute Gasteiger partial charge is 0.503 e. The molecule has 0 radical (unpaired) electrons. The van der Waals surface area contributed by atoms with Crippen molar-refractivity contribution in [2.45, 2.75) is 32.2 Å². The minimum absolute atomic E-state index is 0.00832. The minimum Gasteiger partial charge on any atom is -0.503 e. The zero-order valence-electron chi connectivity index (χ0n) is 24.9. The Hall–Kier alpha value is -4.21. The Morgan fingerprint density at radius 3 is 2.39 bits per heavy atom. The van der Waals surface area contributed by atoms with Crippen molar-refractivity contribution in [3.05, 3.63) is 99.3 Å². The number of methoxy groups -OCH3 is 1. The molecule has 3 fully saturated rings. The molecule has 2 heterocycles. The molecule has 0 aromatic heterocycles. The van der Waals surface area contributed by atoms with Gasteiger partial charge in [-0.3, -0.25) is 24.1 Å². The molecule has 2 aliphatic carbocycles. The van der Waals surface area contributed by atoms with Gasteiger partial charge in [-0.15, -0.1) is 0 Å². The zero-order chi connectivity index (χ0) is 32.7. The number of carbonyl (C=O) groups is 4. The lowest BCUT2D eigenvalue weighted by Gasteiger charge is -2.49. The van der Waals surface area contributed by atoms with E-state index in [0.29, 0.717) is 5.56 Å². The average molecular weight is 664 g/mol. The Balaban J connectivity index is 1.36. The molecule has 1 saturated carbocycles. The van der Waals surface area contributed by atoms with Gasteiger partial charge in [0.1, 0.15) is 5.82 Å². The van der Waals surface area contributed by atoms with Gasteiger partial charge < -0.3 is 9.84 Å². The van der Waals surface area contributed by atoms with Crippen LogP contribution in [0, 0.1) is 34.9 Å². The molecule has 6 atom stereocenters. The molecule has 46 heavy (non-hydrogen) atoms. The highest BCUT2D eigenvalue weighted by atomic mass is 35.5. The molecule has 3 aromatic rings. The van der Waals surface area contributed by atoms with Crippen molar-refractivity contribution >= 4 is 52.5 Å². The molecule has 1 N–H and O–H groups in total. The highest BCUT2D eigenvalue weighted by molar-refractivity contribution is 6.32. The number of carbonyl (C=O) groups excluding carboxylic acids is 4. The van der Waals surface area contributed by atoms with Gasteiger partial charge >= 0.3 is 0 Å². The Kier molecular flexibility index (Phi) is 7.25. The van der Waals surface area contributed by atoms with Crippen LogP contribution < -0.4 is 9.64 Å². The van der Waals surface area contributed by atoms with Gasteiger partial charge in [0.2, 0.25) is 23.6 Å². The molecule has 0 unspecified atom stereocenters. The number of aromatic hydroxyl groups is 1. The number of phenolic OH excluding ortho intramolecular Hbond substituents is 1. The number of allylic oxidation sites excluding steroid dienone is 2. The molecule has 236 valence electrons. The van der Waals surface area contributed by atoms with Crippen LogP contribution >= 0.6 is 23.2 Å². The van der Waals surface area contributed by atoms with E-state index >= 15 is 0 Å². The van der Waals surface area contributed by atoms with Crippen LogP contribution in [0.4, 0.5) is 10.1 Å². The smallest absolute Gasteiger partial charge is 0.241 e. The lowest BCUT2D eigenvalue weighted by Crippen LogP contribution is -2.48. The van der Waals surface area contributed by atoms with Gasteiger partial charge in [0.25, 0.3) is 0 Å². The fraction of sp³-hybridized carbons (Fsp3) is 0.314. The Bertz CT molecular complexity index is 1860. The summed E-state index contributed by atoms with van der Waals surface area (Å²) in [4.78, 5) is 59.0. The molecule has 0 spiro atoms. The summed E-state index contributed by atoms with van der Waals surface area (Å²) in [6.07, 6.45) is 2.36. The van der Waals surface area contributed by atoms with E-state index in [-0.39, 0.29) is 58.4 Å². The van der Waals surface area contributed by atoms with Crippen molar-refractivity contribution in [2.24, 2.45) is 29.1 Å². The normalized spacial score (nSPS) is 28.6. The Morgan fingerprint density at radius 2 is 1.70 bits per heavy atom. The van der Waals surface area contributed by atoms with Crippen molar-refractivity contribution in [1.29, 1.82) is 0 Å². The van der Waals surface area contributed by atoms with Crippen molar-refractivity contribution in [3.8, 4) is 11.5 Å². The molecule has 2 aliphatic heterocycles. The zero-order valence-corrected chi connectivity index (χ0v) is 26.4. The van der Waals surface area contributed by atoms with Crippen LogP contribution in [-0.4, -0.2) is 40.7 Å². The average Bonchev–Trinajstić information content (AvgIpc) is 3.39.